The van der Waals surface area contributed by atoms with Crippen LogP contribution in [0.2, 0.25) is 0 Å². The topological polar surface area (TPSA) is 12.9 Å². The third kappa shape index (κ3) is 7.15. The van der Waals surface area contributed by atoms with Crippen LogP contribution in [0.3, 0.4) is 0 Å². The standard InChI is InChI=1S/C16H29NS/c1-3-5-7-9-11-15(10-8-6-4-2)12-16-13-17-14-18-16/h13-15H,3-12H2,1-2H3. The molecule has 1 unspecified atom stereocenters. The molecule has 1 nitrogen and oxygen atoms in total. The van der Waals surface area contributed by atoms with Crippen LogP contribution in [0, 0.1) is 5.92 Å². The number of thiazole rings is 1. The molecule has 1 rings (SSSR count). The summed E-state index contributed by atoms with van der Waals surface area (Å²) < 4.78 is 0. The first-order chi connectivity index (χ1) is 8.86. The van der Waals surface area contributed by atoms with Crippen LogP contribution in [-0.2, 0) is 6.42 Å². The minimum Gasteiger partial charge on any atom is -0.253 e. The maximum atomic E-state index is 4.20. The number of nitrogens with zero attached hydrogens (tertiary/aromatic N) is 1. The second-order valence-corrected chi connectivity index (χ2v) is 6.35. The number of unbranched alkanes of at least 4 members (excludes halogenated alkanes) is 5. The van der Waals surface area contributed by atoms with E-state index in [1.807, 2.05) is 16.8 Å². The summed E-state index contributed by atoms with van der Waals surface area (Å²) in [6, 6.07) is 0. The van der Waals surface area contributed by atoms with Gasteiger partial charge in [0.05, 0.1) is 5.51 Å². The lowest BCUT2D eigenvalue weighted by Gasteiger charge is -2.15. The van der Waals surface area contributed by atoms with Crippen molar-refractivity contribution in [2.24, 2.45) is 5.92 Å². The van der Waals surface area contributed by atoms with E-state index in [0.29, 0.717) is 0 Å². The minimum absolute atomic E-state index is 0.897. The molecule has 0 aromatic carbocycles. The van der Waals surface area contributed by atoms with Gasteiger partial charge < -0.3 is 0 Å². The Kier molecular flexibility index (Phi) is 9.19. The molecule has 0 fully saturated rings. The SMILES string of the molecule is CCCCCCC(CCCCC)Cc1cncs1. The summed E-state index contributed by atoms with van der Waals surface area (Å²) in [7, 11) is 0. The predicted molar refractivity (Wildman–Crippen MR) is 82.2 cm³/mol. The lowest BCUT2D eigenvalue weighted by Crippen LogP contribution is -2.04. The van der Waals surface area contributed by atoms with E-state index in [1.165, 1.54) is 69.1 Å². The summed E-state index contributed by atoms with van der Waals surface area (Å²) in [6.07, 6.45) is 15.9. The van der Waals surface area contributed by atoms with E-state index in [9.17, 15) is 0 Å². The third-order valence-corrected chi connectivity index (χ3v) is 4.46. The highest BCUT2D eigenvalue weighted by molar-refractivity contribution is 7.09. The van der Waals surface area contributed by atoms with Gasteiger partial charge in [0.1, 0.15) is 0 Å². The summed E-state index contributed by atoms with van der Waals surface area (Å²) in [5.41, 5.74) is 1.97. The fourth-order valence-electron chi connectivity index (χ4n) is 2.52. The average Bonchev–Trinajstić information content (AvgIpc) is 2.87. The summed E-state index contributed by atoms with van der Waals surface area (Å²) in [5.74, 6) is 0.897. The highest BCUT2D eigenvalue weighted by Crippen LogP contribution is 2.23. The second kappa shape index (κ2) is 10.5. The van der Waals surface area contributed by atoms with E-state index in [-0.39, 0.29) is 0 Å². The zero-order valence-corrected chi connectivity index (χ0v) is 13.0. The zero-order valence-electron chi connectivity index (χ0n) is 12.2. The van der Waals surface area contributed by atoms with Crippen molar-refractivity contribution in [1.82, 2.24) is 4.98 Å². The molecule has 0 aliphatic carbocycles. The predicted octanol–water partition coefficient (Wildman–Crippen LogP) is 5.85. The lowest BCUT2D eigenvalue weighted by molar-refractivity contribution is 0.408. The molecule has 0 radical (unpaired) electrons. The molecule has 18 heavy (non-hydrogen) atoms. The van der Waals surface area contributed by atoms with Gasteiger partial charge in [0.2, 0.25) is 0 Å². The molecule has 0 saturated carbocycles. The van der Waals surface area contributed by atoms with Gasteiger partial charge in [-0.05, 0) is 12.3 Å². The van der Waals surface area contributed by atoms with Gasteiger partial charge in [-0.25, -0.2) is 0 Å². The minimum atomic E-state index is 0.897. The second-order valence-electron chi connectivity index (χ2n) is 5.38. The molecule has 1 heterocycles. The summed E-state index contributed by atoms with van der Waals surface area (Å²) >= 11 is 1.82. The number of aromatic nitrogens is 1. The molecule has 1 aromatic heterocycles. The molecule has 0 N–H and O–H groups in total. The molecular formula is C16H29NS. The molecule has 104 valence electrons. The van der Waals surface area contributed by atoms with Crippen LogP contribution >= 0.6 is 11.3 Å². The Morgan fingerprint density at radius 3 is 2.28 bits per heavy atom. The summed E-state index contributed by atoms with van der Waals surface area (Å²) in [4.78, 5) is 5.68. The molecule has 1 aromatic rings. The van der Waals surface area contributed by atoms with Crippen molar-refractivity contribution >= 4 is 11.3 Å². The number of rotatable bonds is 11. The smallest absolute Gasteiger partial charge is 0.0794 e. The van der Waals surface area contributed by atoms with Crippen molar-refractivity contribution in [2.75, 3.05) is 0 Å². The average molecular weight is 267 g/mol. The Hall–Kier alpha value is -0.370. The molecule has 0 bridgehead atoms. The van der Waals surface area contributed by atoms with Gasteiger partial charge in [-0.3, -0.25) is 4.98 Å². The van der Waals surface area contributed by atoms with E-state index < -0.39 is 0 Å². The largest absolute Gasteiger partial charge is 0.253 e. The summed E-state index contributed by atoms with van der Waals surface area (Å²) in [6.45, 7) is 4.58. The first-order valence-corrected chi connectivity index (χ1v) is 8.62. The van der Waals surface area contributed by atoms with E-state index in [2.05, 4.69) is 25.0 Å². The molecule has 0 aliphatic rings. The highest BCUT2D eigenvalue weighted by Gasteiger charge is 2.10. The first kappa shape index (κ1) is 15.7. The van der Waals surface area contributed by atoms with Gasteiger partial charge in [-0.15, -0.1) is 11.3 Å². The normalized spacial score (nSPS) is 12.8. The highest BCUT2D eigenvalue weighted by atomic mass is 32.1. The zero-order chi connectivity index (χ0) is 13.1. The molecular weight excluding hydrogens is 238 g/mol. The van der Waals surface area contributed by atoms with Gasteiger partial charge >= 0.3 is 0 Å². The van der Waals surface area contributed by atoms with Crippen molar-refractivity contribution in [1.29, 1.82) is 0 Å². The van der Waals surface area contributed by atoms with E-state index in [0.717, 1.165) is 5.92 Å². The fraction of sp³-hybridized carbons (Fsp3) is 0.812. The van der Waals surface area contributed by atoms with E-state index in [4.69, 9.17) is 0 Å². The van der Waals surface area contributed by atoms with Gasteiger partial charge in [0.15, 0.2) is 0 Å². The van der Waals surface area contributed by atoms with Crippen LogP contribution in [0.1, 0.15) is 76.5 Å². The van der Waals surface area contributed by atoms with Crippen LogP contribution in [0.25, 0.3) is 0 Å². The summed E-state index contributed by atoms with van der Waals surface area (Å²) in [5, 5.41) is 0. The van der Waals surface area contributed by atoms with Gasteiger partial charge in [-0.1, -0.05) is 71.6 Å². The Bertz CT molecular complexity index is 269. The lowest BCUT2D eigenvalue weighted by atomic mass is 9.91. The quantitative estimate of drug-likeness (QED) is 0.458. The molecule has 2 heteroatoms. The van der Waals surface area contributed by atoms with Gasteiger partial charge in [0.25, 0.3) is 0 Å². The van der Waals surface area contributed by atoms with E-state index in [1.54, 1.807) is 0 Å². The van der Waals surface area contributed by atoms with Crippen LogP contribution in [-0.4, -0.2) is 4.98 Å². The van der Waals surface area contributed by atoms with Gasteiger partial charge in [-0.2, -0.15) is 0 Å². The van der Waals surface area contributed by atoms with Crippen LogP contribution in [0.5, 0.6) is 0 Å². The Morgan fingerprint density at radius 1 is 1.00 bits per heavy atom. The third-order valence-electron chi connectivity index (χ3n) is 3.66. The maximum Gasteiger partial charge on any atom is 0.0794 e. The van der Waals surface area contributed by atoms with Crippen molar-refractivity contribution in [3.8, 4) is 0 Å². The molecule has 0 saturated heterocycles. The molecule has 0 amide bonds. The number of hydrogen-bond donors (Lipinski definition) is 0. The fourth-order valence-corrected chi connectivity index (χ4v) is 3.23. The Morgan fingerprint density at radius 2 is 1.67 bits per heavy atom. The van der Waals surface area contributed by atoms with Crippen molar-refractivity contribution in [3.05, 3.63) is 16.6 Å². The van der Waals surface area contributed by atoms with Crippen molar-refractivity contribution in [2.45, 2.75) is 78.1 Å². The van der Waals surface area contributed by atoms with Crippen LogP contribution < -0.4 is 0 Å². The van der Waals surface area contributed by atoms with Crippen molar-refractivity contribution < 1.29 is 0 Å². The van der Waals surface area contributed by atoms with Crippen LogP contribution in [0.15, 0.2) is 11.7 Å². The Labute approximate surface area is 117 Å². The van der Waals surface area contributed by atoms with Crippen molar-refractivity contribution in [3.63, 3.8) is 0 Å². The molecule has 1 atom stereocenters. The maximum absolute atomic E-state index is 4.20. The molecule has 0 aliphatic heterocycles. The van der Waals surface area contributed by atoms with Gasteiger partial charge in [0, 0.05) is 11.1 Å². The number of hydrogen-bond acceptors (Lipinski definition) is 2. The monoisotopic (exact) mass is 267 g/mol. The first-order valence-electron chi connectivity index (χ1n) is 7.74. The van der Waals surface area contributed by atoms with E-state index >= 15 is 0 Å². The Balaban J connectivity index is 2.27. The molecule has 0 spiro atoms. The van der Waals surface area contributed by atoms with Crippen LogP contribution in [0.4, 0.5) is 0 Å².